The van der Waals surface area contributed by atoms with Gasteiger partial charge in [-0.05, 0) is 25.7 Å². The number of rotatable bonds is 7. The van der Waals surface area contributed by atoms with Crippen molar-refractivity contribution in [3.8, 4) is 0 Å². The zero-order valence-corrected chi connectivity index (χ0v) is 15.3. The lowest BCUT2D eigenvalue weighted by atomic mass is 10.2. The van der Waals surface area contributed by atoms with Crippen LogP contribution in [0.2, 0.25) is 0 Å². The lowest BCUT2D eigenvalue weighted by molar-refractivity contribution is -0.134. The summed E-state index contributed by atoms with van der Waals surface area (Å²) in [6, 6.07) is 0. The fourth-order valence-corrected chi connectivity index (χ4v) is 3.90. The van der Waals surface area contributed by atoms with E-state index < -0.39 is 0 Å². The number of hydrogen-bond donors (Lipinski definition) is 1. The van der Waals surface area contributed by atoms with Crippen LogP contribution in [0.4, 0.5) is 0 Å². The van der Waals surface area contributed by atoms with Gasteiger partial charge in [0.1, 0.15) is 0 Å². The first kappa shape index (κ1) is 18.6. The van der Waals surface area contributed by atoms with Gasteiger partial charge in [0, 0.05) is 65.4 Å². The summed E-state index contributed by atoms with van der Waals surface area (Å²) in [5.41, 5.74) is 0. The molecule has 7 nitrogen and oxygen atoms in total. The van der Waals surface area contributed by atoms with Gasteiger partial charge in [-0.25, -0.2) is 0 Å². The molecule has 0 spiro atoms. The minimum absolute atomic E-state index is 0.199. The molecular formula is C18H32N4O3. The summed E-state index contributed by atoms with van der Waals surface area (Å²) in [6.07, 6.45) is 5.07. The van der Waals surface area contributed by atoms with Gasteiger partial charge in [0.25, 0.3) is 0 Å². The number of hydrogen-bond acceptors (Lipinski definition) is 5. The van der Waals surface area contributed by atoms with Crippen LogP contribution >= 0.6 is 0 Å². The van der Waals surface area contributed by atoms with Gasteiger partial charge in [0.15, 0.2) is 0 Å². The van der Waals surface area contributed by atoms with Gasteiger partial charge in [-0.3, -0.25) is 14.5 Å². The van der Waals surface area contributed by atoms with Crippen LogP contribution in [-0.4, -0.2) is 98.1 Å². The fourth-order valence-electron chi connectivity index (χ4n) is 3.90. The number of likely N-dealkylation sites (tertiary alicyclic amines) is 1. The summed E-state index contributed by atoms with van der Waals surface area (Å²) in [5, 5.41) is 3.27. The quantitative estimate of drug-likeness (QED) is 0.694. The van der Waals surface area contributed by atoms with Gasteiger partial charge in [-0.2, -0.15) is 0 Å². The van der Waals surface area contributed by atoms with Gasteiger partial charge in [-0.1, -0.05) is 0 Å². The van der Waals surface area contributed by atoms with Crippen molar-refractivity contribution in [2.75, 3.05) is 65.5 Å². The van der Waals surface area contributed by atoms with Gasteiger partial charge in [-0.15, -0.1) is 0 Å². The van der Waals surface area contributed by atoms with Crippen molar-refractivity contribution in [3.05, 3.63) is 0 Å². The second-order valence-corrected chi connectivity index (χ2v) is 7.34. The maximum atomic E-state index is 12.5. The lowest BCUT2D eigenvalue weighted by Crippen LogP contribution is -2.48. The molecule has 2 amide bonds. The molecular weight excluding hydrogens is 320 g/mol. The average molecular weight is 352 g/mol. The molecule has 3 aliphatic heterocycles. The molecule has 3 heterocycles. The second kappa shape index (κ2) is 9.50. The molecule has 0 radical (unpaired) electrons. The van der Waals surface area contributed by atoms with E-state index in [1.165, 1.54) is 0 Å². The maximum absolute atomic E-state index is 12.5. The molecule has 3 rings (SSSR count). The summed E-state index contributed by atoms with van der Waals surface area (Å²) in [5.74, 6) is 0.401. The molecule has 0 aromatic rings. The van der Waals surface area contributed by atoms with Crippen molar-refractivity contribution < 1.29 is 14.3 Å². The number of ether oxygens (including phenoxy) is 1. The molecule has 1 N–H and O–H groups in total. The molecule has 3 aliphatic rings. The number of carbonyl (C=O) groups is 2. The van der Waals surface area contributed by atoms with Crippen molar-refractivity contribution in [1.29, 1.82) is 0 Å². The van der Waals surface area contributed by atoms with Crippen molar-refractivity contribution in [2.24, 2.45) is 0 Å². The Balaban J connectivity index is 1.49. The van der Waals surface area contributed by atoms with E-state index in [2.05, 4.69) is 10.2 Å². The van der Waals surface area contributed by atoms with Crippen LogP contribution in [-0.2, 0) is 14.3 Å². The van der Waals surface area contributed by atoms with Crippen LogP contribution in [0.1, 0.15) is 32.1 Å². The SMILES string of the molecule is O=C(CCN(CC(=O)N1CCCC1)CC1CCCO1)N1CCNCC1. The van der Waals surface area contributed by atoms with Crippen LogP contribution in [0.15, 0.2) is 0 Å². The summed E-state index contributed by atoms with van der Waals surface area (Å²) in [7, 11) is 0. The van der Waals surface area contributed by atoms with Crippen molar-refractivity contribution in [3.63, 3.8) is 0 Å². The Morgan fingerprint density at radius 3 is 2.40 bits per heavy atom. The number of nitrogens with one attached hydrogen (secondary N) is 1. The van der Waals surface area contributed by atoms with Crippen LogP contribution in [0.25, 0.3) is 0 Å². The zero-order valence-electron chi connectivity index (χ0n) is 15.3. The molecule has 1 atom stereocenters. The Morgan fingerprint density at radius 1 is 1.00 bits per heavy atom. The Hall–Kier alpha value is -1.18. The van der Waals surface area contributed by atoms with E-state index in [0.29, 0.717) is 19.5 Å². The first-order valence-corrected chi connectivity index (χ1v) is 9.82. The Labute approximate surface area is 150 Å². The summed E-state index contributed by atoms with van der Waals surface area (Å²) >= 11 is 0. The lowest BCUT2D eigenvalue weighted by Gasteiger charge is -2.30. The van der Waals surface area contributed by atoms with E-state index in [0.717, 1.165) is 78.1 Å². The minimum atomic E-state index is 0.199. The van der Waals surface area contributed by atoms with Crippen LogP contribution < -0.4 is 5.32 Å². The minimum Gasteiger partial charge on any atom is -0.377 e. The molecule has 7 heteroatoms. The number of piperazine rings is 1. The molecule has 3 fully saturated rings. The highest BCUT2D eigenvalue weighted by Gasteiger charge is 2.25. The highest BCUT2D eigenvalue weighted by atomic mass is 16.5. The maximum Gasteiger partial charge on any atom is 0.236 e. The molecule has 0 saturated carbocycles. The van der Waals surface area contributed by atoms with Crippen LogP contribution in [0.5, 0.6) is 0 Å². The normalized spacial score (nSPS) is 24.3. The second-order valence-electron chi connectivity index (χ2n) is 7.34. The highest BCUT2D eigenvalue weighted by molar-refractivity contribution is 5.79. The number of carbonyl (C=O) groups excluding carboxylic acids is 2. The smallest absolute Gasteiger partial charge is 0.236 e. The molecule has 0 aromatic heterocycles. The Morgan fingerprint density at radius 2 is 1.72 bits per heavy atom. The van der Waals surface area contributed by atoms with Crippen molar-refractivity contribution in [2.45, 2.75) is 38.2 Å². The Bertz CT molecular complexity index is 442. The Kier molecular flexibility index (Phi) is 7.07. The third-order valence-corrected chi connectivity index (χ3v) is 5.42. The molecule has 0 aliphatic carbocycles. The monoisotopic (exact) mass is 352 g/mol. The predicted octanol–water partition coefficient (Wildman–Crippen LogP) is -0.0883. The fraction of sp³-hybridized carbons (Fsp3) is 0.889. The summed E-state index contributed by atoms with van der Waals surface area (Å²) < 4.78 is 5.74. The number of amides is 2. The molecule has 3 saturated heterocycles. The zero-order chi connectivity index (χ0) is 17.5. The van der Waals surface area contributed by atoms with Gasteiger partial charge < -0.3 is 19.9 Å². The first-order chi connectivity index (χ1) is 12.2. The molecule has 142 valence electrons. The third kappa shape index (κ3) is 5.66. The standard InChI is InChI=1S/C18H32N4O3/c23-17(22-11-6-19-7-12-22)5-10-20(14-16-4-3-13-25-16)15-18(24)21-8-1-2-9-21/h16,19H,1-15H2. The van der Waals surface area contributed by atoms with E-state index >= 15 is 0 Å². The molecule has 1 unspecified atom stereocenters. The van der Waals surface area contributed by atoms with Crippen LogP contribution in [0.3, 0.4) is 0 Å². The topological polar surface area (TPSA) is 65.1 Å². The van der Waals surface area contributed by atoms with Gasteiger partial charge in [0.05, 0.1) is 12.6 Å². The van der Waals surface area contributed by atoms with E-state index in [1.807, 2.05) is 9.80 Å². The van der Waals surface area contributed by atoms with Crippen molar-refractivity contribution >= 4 is 11.8 Å². The first-order valence-electron chi connectivity index (χ1n) is 9.82. The summed E-state index contributed by atoms with van der Waals surface area (Å²) in [6.45, 7) is 7.72. The summed E-state index contributed by atoms with van der Waals surface area (Å²) in [4.78, 5) is 31.0. The van der Waals surface area contributed by atoms with Gasteiger partial charge in [0.2, 0.25) is 11.8 Å². The van der Waals surface area contributed by atoms with E-state index in [9.17, 15) is 9.59 Å². The largest absolute Gasteiger partial charge is 0.377 e. The molecule has 25 heavy (non-hydrogen) atoms. The van der Waals surface area contributed by atoms with Gasteiger partial charge >= 0.3 is 0 Å². The molecule has 0 bridgehead atoms. The third-order valence-electron chi connectivity index (χ3n) is 5.42. The van der Waals surface area contributed by atoms with E-state index in [1.54, 1.807) is 0 Å². The van der Waals surface area contributed by atoms with Crippen LogP contribution in [0, 0.1) is 0 Å². The highest BCUT2D eigenvalue weighted by Crippen LogP contribution is 2.15. The van der Waals surface area contributed by atoms with E-state index in [4.69, 9.17) is 4.74 Å². The van der Waals surface area contributed by atoms with E-state index in [-0.39, 0.29) is 17.9 Å². The number of nitrogens with zero attached hydrogens (tertiary/aromatic N) is 3. The average Bonchev–Trinajstić information content (AvgIpc) is 3.34. The molecule has 0 aromatic carbocycles. The van der Waals surface area contributed by atoms with Crippen molar-refractivity contribution in [1.82, 2.24) is 20.0 Å². The predicted molar refractivity (Wildman–Crippen MR) is 95.3 cm³/mol.